The normalized spacial score (nSPS) is 15.0. The van der Waals surface area contributed by atoms with E-state index in [1.54, 1.807) is 25.1 Å². The van der Waals surface area contributed by atoms with E-state index in [-0.39, 0.29) is 11.8 Å². The van der Waals surface area contributed by atoms with Crippen LogP contribution < -0.4 is 5.32 Å². The fourth-order valence-electron chi connectivity index (χ4n) is 3.15. The Hall–Kier alpha value is -2.73. The van der Waals surface area contributed by atoms with E-state index in [0.717, 1.165) is 30.6 Å². The van der Waals surface area contributed by atoms with Crippen LogP contribution in [0.1, 0.15) is 48.3 Å². The van der Waals surface area contributed by atoms with Gasteiger partial charge >= 0.3 is 0 Å². The van der Waals surface area contributed by atoms with Gasteiger partial charge in [-0.2, -0.15) is 0 Å². The Bertz CT molecular complexity index is 803. The maximum atomic E-state index is 12.3. The standard InChI is InChI=1S/C21H25N3O3/c1-15(25)18-5-2-6-19(23-18)16-8-10-17(11-9-16)21(27)22-12-4-14-24-13-3-7-20(24)26/h2,5-6,8-11,15,25H,3-4,7,12-14H2,1H3,(H,22,27)/t15-/m1/s1. The molecule has 1 aliphatic heterocycles. The number of hydrogen-bond donors (Lipinski definition) is 2. The molecule has 1 fully saturated rings. The number of likely N-dealkylation sites (tertiary alicyclic amines) is 1. The lowest BCUT2D eigenvalue weighted by Gasteiger charge is -2.15. The van der Waals surface area contributed by atoms with Crippen LogP contribution in [0.5, 0.6) is 0 Å². The fourth-order valence-corrected chi connectivity index (χ4v) is 3.15. The van der Waals surface area contributed by atoms with E-state index >= 15 is 0 Å². The van der Waals surface area contributed by atoms with Crippen LogP contribution in [-0.2, 0) is 4.79 Å². The average Bonchev–Trinajstić information content (AvgIpc) is 3.10. The fraction of sp³-hybridized carbons (Fsp3) is 0.381. The minimum absolute atomic E-state index is 0.125. The van der Waals surface area contributed by atoms with E-state index in [1.165, 1.54) is 0 Å². The summed E-state index contributed by atoms with van der Waals surface area (Å²) in [6.45, 7) is 3.75. The lowest BCUT2D eigenvalue weighted by Crippen LogP contribution is -2.30. The number of aromatic nitrogens is 1. The zero-order valence-electron chi connectivity index (χ0n) is 15.5. The second-order valence-electron chi connectivity index (χ2n) is 6.79. The van der Waals surface area contributed by atoms with Crippen molar-refractivity contribution in [2.75, 3.05) is 19.6 Å². The van der Waals surface area contributed by atoms with Gasteiger partial charge in [0, 0.05) is 37.2 Å². The number of nitrogens with one attached hydrogen (secondary N) is 1. The Morgan fingerprint density at radius 3 is 2.70 bits per heavy atom. The minimum Gasteiger partial charge on any atom is -0.387 e. The van der Waals surface area contributed by atoms with Crippen LogP contribution >= 0.6 is 0 Å². The van der Waals surface area contributed by atoms with Gasteiger partial charge in [-0.05, 0) is 44.0 Å². The predicted molar refractivity (Wildman–Crippen MR) is 103 cm³/mol. The quantitative estimate of drug-likeness (QED) is 0.737. The van der Waals surface area contributed by atoms with Crippen molar-refractivity contribution in [2.24, 2.45) is 0 Å². The molecule has 0 aliphatic carbocycles. The summed E-state index contributed by atoms with van der Waals surface area (Å²) in [5, 5.41) is 12.6. The molecule has 142 valence electrons. The Morgan fingerprint density at radius 2 is 2.04 bits per heavy atom. The van der Waals surface area contributed by atoms with Crippen LogP contribution in [0, 0.1) is 0 Å². The van der Waals surface area contributed by atoms with E-state index in [2.05, 4.69) is 10.3 Å². The molecule has 2 heterocycles. The van der Waals surface area contributed by atoms with Gasteiger partial charge in [0.15, 0.2) is 0 Å². The molecule has 27 heavy (non-hydrogen) atoms. The molecule has 2 N–H and O–H groups in total. The third-order valence-electron chi connectivity index (χ3n) is 4.70. The highest BCUT2D eigenvalue weighted by Crippen LogP contribution is 2.20. The summed E-state index contributed by atoms with van der Waals surface area (Å²) >= 11 is 0. The Labute approximate surface area is 159 Å². The molecule has 1 atom stereocenters. The third-order valence-corrected chi connectivity index (χ3v) is 4.70. The monoisotopic (exact) mass is 367 g/mol. The lowest BCUT2D eigenvalue weighted by atomic mass is 10.1. The maximum Gasteiger partial charge on any atom is 0.251 e. The molecule has 2 amide bonds. The van der Waals surface area contributed by atoms with Crippen molar-refractivity contribution in [3.8, 4) is 11.3 Å². The van der Waals surface area contributed by atoms with E-state index in [0.29, 0.717) is 30.8 Å². The van der Waals surface area contributed by atoms with Crippen molar-refractivity contribution in [1.29, 1.82) is 0 Å². The van der Waals surface area contributed by atoms with Crippen molar-refractivity contribution in [1.82, 2.24) is 15.2 Å². The number of pyridine rings is 1. The van der Waals surface area contributed by atoms with Crippen molar-refractivity contribution >= 4 is 11.8 Å². The number of hydrogen-bond acceptors (Lipinski definition) is 4. The van der Waals surface area contributed by atoms with Crippen molar-refractivity contribution in [3.63, 3.8) is 0 Å². The predicted octanol–water partition coefficient (Wildman–Crippen LogP) is 2.54. The molecule has 3 rings (SSSR count). The Kier molecular flexibility index (Phi) is 6.19. The SMILES string of the molecule is C[C@@H](O)c1cccc(-c2ccc(C(=O)NCCCN3CCCC3=O)cc2)n1. The zero-order valence-corrected chi connectivity index (χ0v) is 15.5. The molecule has 0 bridgehead atoms. The molecular formula is C21H25N3O3. The highest BCUT2D eigenvalue weighted by atomic mass is 16.3. The largest absolute Gasteiger partial charge is 0.387 e. The molecule has 1 saturated heterocycles. The molecule has 0 saturated carbocycles. The summed E-state index contributed by atoms with van der Waals surface area (Å²) in [5.41, 5.74) is 2.85. The summed E-state index contributed by atoms with van der Waals surface area (Å²) < 4.78 is 0. The van der Waals surface area contributed by atoms with E-state index in [9.17, 15) is 14.7 Å². The minimum atomic E-state index is -0.620. The summed E-state index contributed by atoms with van der Waals surface area (Å²) in [4.78, 5) is 30.1. The number of benzene rings is 1. The third kappa shape index (κ3) is 4.92. The van der Waals surface area contributed by atoms with Gasteiger partial charge in [0.25, 0.3) is 5.91 Å². The van der Waals surface area contributed by atoms with Gasteiger partial charge in [-0.25, -0.2) is 0 Å². The van der Waals surface area contributed by atoms with Gasteiger partial charge in [-0.3, -0.25) is 14.6 Å². The number of carbonyl (C=O) groups excluding carboxylic acids is 2. The molecule has 0 radical (unpaired) electrons. The summed E-state index contributed by atoms with van der Waals surface area (Å²) in [6.07, 6.45) is 1.72. The van der Waals surface area contributed by atoms with Crippen LogP contribution in [0.3, 0.4) is 0 Å². The van der Waals surface area contributed by atoms with Crippen LogP contribution in [0.2, 0.25) is 0 Å². The summed E-state index contributed by atoms with van der Waals surface area (Å²) in [6, 6.07) is 12.8. The summed E-state index contributed by atoms with van der Waals surface area (Å²) in [5.74, 6) is 0.0881. The van der Waals surface area contributed by atoms with Gasteiger partial charge in [0.05, 0.1) is 17.5 Å². The molecule has 0 spiro atoms. The molecule has 1 aliphatic rings. The number of rotatable bonds is 7. The van der Waals surface area contributed by atoms with Crippen molar-refractivity contribution < 1.29 is 14.7 Å². The molecule has 6 heteroatoms. The highest BCUT2D eigenvalue weighted by molar-refractivity contribution is 5.94. The van der Waals surface area contributed by atoms with Gasteiger partial charge < -0.3 is 15.3 Å². The number of nitrogens with zero attached hydrogens (tertiary/aromatic N) is 2. The first-order valence-corrected chi connectivity index (χ1v) is 9.36. The van der Waals surface area contributed by atoms with Crippen LogP contribution in [0.15, 0.2) is 42.5 Å². The van der Waals surface area contributed by atoms with Crippen LogP contribution in [0.4, 0.5) is 0 Å². The number of aliphatic hydroxyl groups is 1. The highest BCUT2D eigenvalue weighted by Gasteiger charge is 2.19. The first kappa shape index (κ1) is 19.0. The molecule has 1 aromatic heterocycles. The van der Waals surface area contributed by atoms with Crippen LogP contribution in [-0.4, -0.2) is 46.4 Å². The topological polar surface area (TPSA) is 82.5 Å². The molecule has 1 aromatic carbocycles. The summed E-state index contributed by atoms with van der Waals surface area (Å²) in [7, 11) is 0. The van der Waals surface area contributed by atoms with Gasteiger partial charge in [0.2, 0.25) is 5.91 Å². The molecular weight excluding hydrogens is 342 g/mol. The van der Waals surface area contributed by atoms with Gasteiger partial charge in [-0.15, -0.1) is 0 Å². The van der Waals surface area contributed by atoms with E-state index < -0.39 is 6.10 Å². The smallest absolute Gasteiger partial charge is 0.251 e. The number of carbonyl (C=O) groups is 2. The molecule has 0 unspecified atom stereocenters. The van der Waals surface area contributed by atoms with E-state index in [1.807, 2.05) is 29.2 Å². The van der Waals surface area contributed by atoms with E-state index in [4.69, 9.17) is 0 Å². The zero-order chi connectivity index (χ0) is 19.2. The molecule has 6 nitrogen and oxygen atoms in total. The first-order valence-electron chi connectivity index (χ1n) is 9.36. The van der Waals surface area contributed by atoms with Crippen molar-refractivity contribution in [3.05, 3.63) is 53.7 Å². The maximum absolute atomic E-state index is 12.3. The van der Waals surface area contributed by atoms with Crippen molar-refractivity contribution in [2.45, 2.75) is 32.3 Å². The van der Waals surface area contributed by atoms with Gasteiger partial charge in [0.1, 0.15) is 0 Å². The van der Waals surface area contributed by atoms with Gasteiger partial charge in [-0.1, -0.05) is 18.2 Å². The lowest BCUT2D eigenvalue weighted by molar-refractivity contribution is -0.127. The Balaban J connectivity index is 1.52. The second-order valence-corrected chi connectivity index (χ2v) is 6.79. The van der Waals surface area contributed by atoms with Crippen LogP contribution in [0.25, 0.3) is 11.3 Å². The first-order chi connectivity index (χ1) is 13.0. The number of aliphatic hydroxyl groups excluding tert-OH is 1. The number of amides is 2. The average molecular weight is 367 g/mol. The second kappa shape index (κ2) is 8.77. The molecule has 2 aromatic rings. The Morgan fingerprint density at radius 1 is 1.26 bits per heavy atom.